The molecule has 3 rings (SSSR count). The number of alkyl halides is 3. The summed E-state index contributed by atoms with van der Waals surface area (Å²) in [6, 6.07) is 1.57. The minimum Gasteiger partial charge on any atom is -0.282 e. The van der Waals surface area contributed by atoms with E-state index in [9.17, 15) is 13.2 Å². The summed E-state index contributed by atoms with van der Waals surface area (Å²) in [5.74, 6) is -1.19. The number of hydrogen-bond donors (Lipinski definition) is 0. The van der Waals surface area contributed by atoms with Crippen molar-refractivity contribution in [1.29, 1.82) is 0 Å². The maximum Gasteiger partial charge on any atom is 0.451 e. The number of aromatic nitrogens is 5. The molecule has 9 heteroatoms. The average molecular weight is 328 g/mol. The number of rotatable bonds is 2. The van der Waals surface area contributed by atoms with E-state index in [4.69, 9.17) is 11.6 Å². The number of nitrogens with zero attached hydrogens (tertiary/aromatic N) is 5. The minimum atomic E-state index is -4.63. The fourth-order valence-electron chi connectivity index (χ4n) is 2.07. The molecule has 0 spiro atoms. The van der Waals surface area contributed by atoms with E-state index in [1.165, 1.54) is 23.3 Å². The van der Waals surface area contributed by atoms with Crippen LogP contribution in [0, 0.1) is 0 Å². The van der Waals surface area contributed by atoms with Gasteiger partial charge in [0, 0.05) is 12.4 Å². The first-order valence-electron chi connectivity index (χ1n) is 6.33. The van der Waals surface area contributed by atoms with Crippen molar-refractivity contribution in [3.8, 4) is 5.69 Å². The first kappa shape index (κ1) is 14.7. The second-order valence-corrected chi connectivity index (χ2v) is 4.87. The Kier molecular flexibility index (Phi) is 3.48. The highest BCUT2D eigenvalue weighted by atomic mass is 35.5. The summed E-state index contributed by atoms with van der Waals surface area (Å²) in [5.41, 5.74) is 1.07. The van der Waals surface area contributed by atoms with E-state index < -0.39 is 12.0 Å². The fourth-order valence-corrected chi connectivity index (χ4v) is 2.28. The molecule has 0 aliphatic carbocycles. The van der Waals surface area contributed by atoms with Crippen LogP contribution in [0.4, 0.5) is 13.2 Å². The van der Waals surface area contributed by atoms with Crippen LogP contribution in [0.15, 0.2) is 24.8 Å². The van der Waals surface area contributed by atoms with Gasteiger partial charge in [-0.2, -0.15) is 13.2 Å². The molecular formula is C13H9ClF3N5. The lowest BCUT2D eigenvalue weighted by molar-refractivity contribution is -0.144. The Labute approximate surface area is 127 Å². The van der Waals surface area contributed by atoms with E-state index >= 15 is 0 Å². The van der Waals surface area contributed by atoms with Crippen molar-refractivity contribution in [3.63, 3.8) is 0 Å². The Balaban J connectivity index is 2.32. The SMILES string of the molecule is CCc1nc(C(F)(F)F)nc2c1ncn2-c1ccncc1Cl. The molecule has 0 unspecified atom stereocenters. The van der Waals surface area contributed by atoms with Crippen LogP contribution in [-0.4, -0.2) is 24.5 Å². The molecule has 0 atom stereocenters. The molecule has 0 aromatic carbocycles. The van der Waals surface area contributed by atoms with Crippen molar-refractivity contribution in [2.24, 2.45) is 0 Å². The molecule has 0 aliphatic heterocycles. The highest BCUT2D eigenvalue weighted by Crippen LogP contribution is 2.30. The molecule has 0 bridgehead atoms. The summed E-state index contributed by atoms with van der Waals surface area (Å²) in [4.78, 5) is 15.1. The third-order valence-corrected chi connectivity index (χ3v) is 3.36. The number of halogens is 4. The lowest BCUT2D eigenvalue weighted by atomic mass is 10.3. The van der Waals surface area contributed by atoms with Crippen molar-refractivity contribution in [1.82, 2.24) is 24.5 Å². The summed E-state index contributed by atoms with van der Waals surface area (Å²) in [6.07, 6.45) is -0.0622. The number of aryl methyl sites for hydroxylation is 1. The summed E-state index contributed by atoms with van der Waals surface area (Å²) < 4.78 is 40.3. The van der Waals surface area contributed by atoms with Crippen LogP contribution >= 0.6 is 11.6 Å². The van der Waals surface area contributed by atoms with Gasteiger partial charge in [0.05, 0.1) is 16.4 Å². The third kappa shape index (κ3) is 2.39. The second-order valence-electron chi connectivity index (χ2n) is 4.46. The fraction of sp³-hybridized carbons (Fsp3) is 0.231. The first-order valence-corrected chi connectivity index (χ1v) is 6.70. The maximum absolute atomic E-state index is 13.0. The Morgan fingerprint density at radius 2 is 2.05 bits per heavy atom. The van der Waals surface area contributed by atoms with Gasteiger partial charge in [-0.1, -0.05) is 18.5 Å². The highest BCUT2D eigenvalue weighted by molar-refractivity contribution is 6.32. The summed E-state index contributed by atoms with van der Waals surface area (Å²) >= 11 is 6.04. The van der Waals surface area contributed by atoms with Gasteiger partial charge in [0.25, 0.3) is 0 Å². The Morgan fingerprint density at radius 1 is 1.27 bits per heavy atom. The quantitative estimate of drug-likeness (QED) is 0.723. The molecule has 3 aromatic rings. The van der Waals surface area contributed by atoms with Gasteiger partial charge >= 0.3 is 6.18 Å². The normalized spacial score (nSPS) is 12.0. The Morgan fingerprint density at radius 3 is 2.68 bits per heavy atom. The topological polar surface area (TPSA) is 56.5 Å². The first-order chi connectivity index (χ1) is 10.4. The van der Waals surface area contributed by atoms with Gasteiger partial charge in [0.1, 0.15) is 11.8 Å². The van der Waals surface area contributed by atoms with Crippen molar-refractivity contribution in [2.45, 2.75) is 19.5 Å². The van der Waals surface area contributed by atoms with Crippen molar-refractivity contribution < 1.29 is 13.2 Å². The number of hydrogen-bond acceptors (Lipinski definition) is 4. The van der Waals surface area contributed by atoms with E-state index in [-0.39, 0.29) is 16.4 Å². The zero-order valence-corrected chi connectivity index (χ0v) is 12.0. The van der Waals surface area contributed by atoms with Crippen LogP contribution in [0.2, 0.25) is 5.02 Å². The van der Waals surface area contributed by atoms with E-state index in [1.807, 2.05) is 0 Å². The predicted octanol–water partition coefficient (Wildman–Crippen LogP) is 3.45. The van der Waals surface area contributed by atoms with Crippen molar-refractivity contribution in [2.75, 3.05) is 0 Å². The summed E-state index contributed by atoms with van der Waals surface area (Å²) in [7, 11) is 0. The maximum atomic E-state index is 13.0. The Hall–Kier alpha value is -2.22. The van der Waals surface area contributed by atoms with E-state index in [0.717, 1.165) is 0 Å². The molecule has 22 heavy (non-hydrogen) atoms. The molecule has 114 valence electrons. The molecule has 0 radical (unpaired) electrons. The van der Waals surface area contributed by atoms with Crippen LogP contribution in [-0.2, 0) is 12.6 Å². The van der Waals surface area contributed by atoms with Crippen molar-refractivity contribution in [3.05, 3.63) is 41.3 Å². The van der Waals surface area contributed by atoms with Crippen LogP contribution in [0.3, 0.4) is 0 Å². The number of pyridine rings is 1. The second kappa shape index (κ2) is 5.20. The highest BCUT2D eigenvalue weighted by Gasteiger charge is 2.36. The van der Waals surface area contributed by atoms with Gasteiger partial charge in [0.2, 0.25) is 5.82 Å². The van der Waals surface area contributed by atoms with Gasteiger partial charge in [-0.15, -0.1) is 0 Å². The molecule has 3 aromatic heterocycles. The predicted molar refractivity (Wildman–Crippen MR) is 73.8 cm³/mol. The number of imidazole rings is 1. The van der Waals surface area contributed by atoms with E-state index in [1.54, 1.807) is 13.0 Å². The summed E-state index contributed by atoms with van der Waals surface area (Å²) in [5, 5.41) is 0.284. The van der Waals surface area contributed by atoms with E-state index in [0.29, 0.717) is 17.6 Å². The molecule has 3 heterocycles. The van der Waals surface area contributed by atoms with Crippen LogP contribution < -0.4 is 0 Å². The van der Waals surface area contributed by atoms with Gasteiger partial charge in [-0.25, -0.2) is 15.0 Å². The molecule has 0 N–H and O–H groups in total. The average Bonchev–Trinajstić information content (AvgIpc) is 2.89. The van der Waals surface area contributed by atoms with Crippen molar-refractivity contribution >= 4 is 22.8 Å². The largest absolute Gasteiger partial charge is 0.451 e. The smallest absolute Gasteiger partial charge is 0.282 e. The molecule has 0 aliphatic rings. The number of fused-ring (bicyclic) bond motifs is 1. The van der Waals surface area contributed by atoms with Gasteiger partial charge in [-0.3, -0.25) is 9.55 Å². The van der Waals surface area contributed by atoms with Gasteiger partial charge in [-0.05, 0) is 12.5 Å². The van der Waals surface area contributed by atoms with Crippen LogP contribution in [0.5, 0.6) is 0 Å². The van der Waals surface area contributed by atoms with Crippen LogP contribution in [0.25, 0.3) is 16.9 Å². The third-order valence-electron chi connectivity index (χ3n) is 3.07. The van der Waals surface area contributed by atoms with Gasteiger partial charge in [0.15, 0.2) is 5.65 Å². The summed E-state index contributed by atoms with van der Waals surface area (Å²) in [6.45, 7) is 1.71. The lowest BCUT2D eigenvalue weighted by Gasteiger charge is -2.09. The molecule has 5 nitrogen and oxygen atoms in total. The molecule has 0 saturated heterocycles. The minimum absolute atomic E-state index is 0.0623. The van der Waals surface area contributed by atoms with E-state index in [2.05, 4.69) is 19.9 Å². The molecule has 0 amide bonds. The zero-order valence-electron chi connectivity index (χ0n) is 11.3. The molecule has 0 saturated carbocycles. The molecular weight excluding hydrogens is 319 g/mol. The standard InChI is InChI=1S/C13H9ClF3N5/c1-2-8-10-11(21-12(20-8)13(15,16)17)22(6-19-10)9-3-4-18-5-7(9)14/h3-6H,2H2,1H3. The van der Waals surface area contributed by atoms with Gasteiger partial charge < -0.3 is 0 Å². The zero-order chi connectivity index (χ0) is 15.9. The molecule has 0 fully saturated rings. The van der Waals surface area contributed by atoms with Crippen LogP contribution in [0.1, 0.15) is 18.4 Å². The monoisotopic (exact) mass is 327 g/mol. The Bertz CT molecular complexity index is 843. The lowest BCUT2D eigenvalue weighted by Crippen LogP contribution is -2.13.